The van der Waals surface area contributed by atoms with Crippen LogP contribution in [0.5, 0.6) is 0 Å². The third-order valence-corrected chi connectivity index (χ3v) is 4.68. The minimum Gasteiger partial charge on any atom is -0.369 e. The van der Waals surface area contributed by atoms with E-state index in [0.29, 0.717) is 12.6 Å². The van der Waals surface area contributed by atoms with E-state index in [4.69, 9.17) is 5.73 Å². The van der Waals surface area contributed by atoms with Gasteiger partial charge in [0, 0.05) is 29.3 Å². The van der Waals surface area contributed by atoms with Crippen LogP contribution in [0.3, 0.4) is 0 Å². The fourth-order valence-corrected chi connectivity index (χ4v) is 3.58. The van der Waals surface area contributed by atoms with Gasteiger partial charge in [0.1, 0.15) is 0 Å². The molecule has 1 aromatic carbocycles. The Morgan fingerprint density at radius 2 is 1.95 bits per heavy atom. The summed E-state index contributed by atoms with van der Waals surface area (Å²) in [6.07, 6.45) is 6.67. The molecule has 1 aromatic rings. The second-order valence-electron chi connectivity index (χ2n) is 6.34. The lowest BCUT2D eigenvalue weighted by Gasteiger charge is -2.32. The predicted molar refractivity (Wildman–Crippen MR) is 91.1 cm³/mol. The molecule has 1 aliphatic carbocycles. The van der Waals surface area contributed by atoms with Crippen molar-refractivity contribution in [3.8, 4) is 0 Å². The van der Waals surface area contributed by atoms with E-state index in [1.807, 2.05) is 0 Å². The summed E-state index contributed by atoms with van der Waals surface area (Å²) >= 11 is 3.63. The Hall–Kier alpha value is -0.540. The van der Waals surface area contributed by atoms with Crippen LogP contribution in [0.4, 0.5) is 5.69 Å². The largest absolute Gasteiger partial charge is 0.369 e. The second kappa shape index (κ2) is 7.46. The quantitative estimate of drug-likeness (QED) is 0.814. The van der Waals surface area contributed by atoms with E-state index in [1.54, 1.807) is 0 Å². The van der Waals surface area contributed by atoms with Crippen LogP contribution in [-0.4, -0.2) is 12.6 Å². The molecule has 0 unspecified atom stereocenters. The average molecular weight is 339 g/mol. The van der Waals surface area contributed by atoms with E-state index >= 15 is 0 Å². The first-order valence-electron chi connectivity index (χ1n) is 7.86. The third-order valence-electron chi connectivity index (χ3n) is 4.22. The Morgan fingerprint density at radius 3 is 2.55 bits per heavy atom. The maximum absolute atomic E-state index is 5.82. The summed E-state index contributed by atoms with van der Waals surface area (Å²) in [4.78, 5) is 2.62. The van der Waals surface area contributed by atoms with E-state index in [-0.39, 0.29) is 0 Å². The minimum absolute atomic E-state index is 0.606. The van der Waals surface area contributed by atoms with Gasteiger partial charge in [0.05, 0.1) is 0 Å². The van der Waals surface area contributed by atoms with Crippen molar-refractivity contribution in [2.75, 3.05) is 11.4 Å². The molecular formula is C17H27BrN2. The Kier molecular flexibility index (Phi) is 5.91. The van der Waals surface area contributed by atoms with Crippen LogP contribution in [0, 0.1) is 5.92 Å². The molecule has 0 atom stereocenters. The number of rotatable bonds is 6. The molecule has 1 aliphatic rings. The highest BCUT2D eigenvalue weighted by atomic mass is 79.9. The molecule has 0 radical (unpaired) electrons. The molecule has 20 heavy (non-hydrogen) atoms. The summed E-state index contributed by atoms with van der Waals surface area (Å²) in [7, 11) is 0. The topological polar surface area (TPSA) is 29.3 Å². The zero-order chi connectivity index (χ0) is 14.5. The maximum Gasteiger partial charge on any atom is 0.0383 e. The molecule has 0 heterocycles. The molecule has 3 heteroatoms. The molecule has 0 spiro atoms. The van der Waals surface area contributed by atoms with Gasteiger partial charge in [0.15, 0.2) is 0 Å². The van der Waals surface area contributed by atoms with Gasteiger partial charge >= 0.3 is 0 Å². The summed E-state index contributed by atoms with van der Waals surface area (Å²) in [5.41, 5.74) is 8.37. The number of hydrogen-bond acceptors (Lipinski definition) is 2. The van der Waals surface area contributed by atoms with Crippen molar-refractivity contribution < 1.29 is 0 Å². The van der Waals surface area contributed by atoms with Crippen LogP contribution < -0.4 is 10.6 Å². The molecule has 0 aromatic heterocycles. The van der Waals surface area contributed by atoms with Crippen LogP contribution in [0.25, 0.3) is 0 Å². The Labute approximate surface area is 131 Å². The smallest absolute Gasteiger partial charge is 0.0383 e. The molecule has 2 rings (SSSR count). The summed E-state index contributed by atoms with van der Waals surface area (Å²) in [6, 6.07) is 7.36. The number of anilines is 1. The van der Waals surface area contributed by atoms with Gasteiger partial charge in [-0.15, -0.1) is 0 Å². The molecule has 0 aliphatic heterocycles. The van der Waals surface area contributed by atoms with Crippen molar-refractivity contribution in [3.63, 3.8) is 0 Å². The Morgan fingerprint density at radius 1 is 1.25 bits per heavy atom. The van der Waals surface area contributed by atoms with Crippen molar-refractivity contribution in [1.29, 1.82) is 0 Å². The van der Waals surface area contributed by atoms with Crippen LogP contribution in [-0.2, 0) is 6.54 Å². The van der Waals surface area contributed by atoms with Crippen LogP contribution >= 0.6 is 15.9 Å². The maximum atomic E-state index is 5.82. The molecule has 1 saturated carbocycles. The number of hydrogen-bond donors (Lipinski definition) is 1. The first kappa shape index (κ1) is 15.8. The Balaban J connectivity index is 2.22. The van der Waals surface area contributed by atoms with E-state index in [1.165, 1.54) is 43.4 Å². The van der Waals surface area contributed by atoms with Gasteiger partial charge in [-0.1, -0.05) is 42.6 Å². The fraction of sp³-hybridized carbons (Fsp3) is 0.647. The molecule has 2 N–H and O–H groups in total. The SMILES string of the molecule is CC(C)CCN(c1cc(Br)cc(CN)c1)C1CCCC1. The van der Waals surface area contributed by atoms with Gasteiger partial charge in [-0.3, -0.25) is 0 Å². The third kappa shape index (κ3) is 4.23. The summed E-state index contributed by atoms with van der Waals surface area (Å²) < 4.78 is 1.14. The number of nitrogens with two attached hydrogens (primary N) is 1. The molecule has 0 bridgehead atoms. The first-order valence-corrected chi connectivity index (χ1v) is 8.65. The molecule has 0 amide bonds. The van der Waals surface area contributed by atoms with Gasteiger partial charge in [0.2, 0.25) is 0 Å². The van der Waals surface area contributed by atoms with Crippen molar-refractivity contribution >= 4 is 21.6 Å². The van der Waals surface area contributed by atoms with E-state index < -0.39 is 0 Å². The predicted octanol–water partition coefficient (Wildman–Crippen LogP) is 4.70. The van der Waals surface area contributed by atoms with Crippen molar-refractivity contribution in [3.05, 3.63) is 28.2 Å². The lowest BCUT2D eigenvalue weighted by molar-refractivity contribution is 0.528. The molecular weight excluding hydrogens is 312 g/mol. The van der Waals surface area contributed by atoms with Crippen molar-refractivity contribution in [1.82, 2.24) is 0 Å². The fourth-order valence-electron chi connectivity index (χ4n) is 3.05. The first-order chi connectivity index (χ1) is 9.60. The Bertz CT molecular complexity index is 425. The van der Waals surface area contributed by atoms with Crippen LogP contribution in [0.1, 0.15) is 51.5 Å². The number of halogens is 1. The van der Waals surface area contributed by atoms with Gasteiger partial charge in [0.25, 0.3) is 0 Å². The number of nitrogens with zero attached hydrogens (tertiary/aromatic N) is 1. The van der Waals surface area contributed by atoms with Gasteiger partial charge in [-0.05, 0) is 48.9 Å². The highest BCUT2D eigenvalue weighted by Gasteiger charge is 2.23. The monoisotopic (exact) mass is 338 g/mol. The zero-order valence-corrected chi connectivity index (χ0v) is 14.3. The van der Waals surface area contributed by atoms with Gasteiger partial charge < -0.3 is 10.6 Å². The molecule has 0 saturated heterocycles. The summed E-state index contributed by atoms with van der Waals surface area (Å²) in [5, 5.41) is 0. The average Bonchev–Trinajstić information content (AvgIpc) is 2.92. The normalized spacial score (nSPS) is 16.1. The minimum atomic E-state index is 0.606. The lowest BCUT2D eigenvalue weighted by Crippen LogP contribution is -2.34. The molecule has 1 fully saturated rings. The van der Waals surface area contributed by atoms with E-state index in [2.05, 4.69) is 52.9 Å². The van der Waals surface area contributed by atoms with E-state index in [0.717, 1.165) is 16.9 Å². The van der Waals surface area contributed by atoms with Crippen LogP contribution in [0.2, 0.25) is 0 Å². The van der Waals surface area contributed by atoms with Gasteiger partial charge in [-0.25, -0.2) is 0 Å². The second-order valence-corrected chi connectivity index (χ2v) is 7.25. The molecule has 2 nitrogen and oxygen atoms in total. The lowest BCUT2D eigenvalue weighted by atomic mass is 10.1. The standard InChI is InChI=1S/C17H27BrN2/c1-13(2)7-8-20(16-5-3-4-6-16)17-10-14(12-19)9-15(18)11-17/h9-11,13,16H,3-8,12,19H2,1-2H3. The highest BCUT2D eigenvalue weighted by Crippen LogP contribution is 2.31. The summed E-state index contributed by atoms with van der Waals surface area (Å²) in [5.74, 6) is 0.750. The van der Waals surface area contributed by atoms with E-state index in [9.17, 15) is 0 Å². The zero-order valence-electron chi connectivity index (χ0n) is 12.7. The summed E-state index contributed by atoms with van der Waals surface area (Å²) in [6.45, 7) is 6.37. The molecule has 112 valence electrons. The van der Waals surface area contributed by atoms with Crippen molar-refractivity contribution in [2.24, 2.45) is 11.7 Å². The number of benzene rings is 1. The van der Waals surface area contributed by atoms with Gasteiger partial charge in [-0.2, -0.15) is 0 Å². The van der Waals surface area contributed by atoms with Crippen LogP contribution in [0.15, 0.2) is 22.7 Å². The highest BCUT2D eigenvalue weighted by molar-refractivity contribution is 9.10. The van der Waals surface area contributed by atoms with Crippen molar-refractivity contribution in [2.45, 2.75) is 58.5 Å².